The predicted octanol–water partition coefficient (Wildman–Crippen LogP) is 4.13. The number of carbonyl (C=O) groups is 1. The molecule has 0 unspecified atom stereocenters. The summed E-state index contributed by atoms with van der Waals surface area (Å²) in [6.45, 7) is 0. The summed E-state index contributed by atoms with van der Waals surface area (Å²) < 4.78 is 5.44. The molecule has 0 heterocycles. The highest BCUT2D eigenvalue weighted by molar-refractivity contribution is 5.96. The first-order valence-corrected chi connectivity index (χ1v) is 6.94. The molecule has 0 aliphatic carbocycles. The largest absolute Gasteiger partial charge is 0.423 e. The van der Waals surface area contributed by atoms with Crippen molar-refractivity contribution in [1.29, 1.82) is 5.26 Å². The smallest absolute Gasteiger partial charge is 0.343 e. The van der Waals surface area contributed by atoms with Gasteiger partial charge in [-0.15, -0.1) is 0 Å². The maximum Gasteiger partial charge on any atom is 0.343 e. The lowest BCUT2D eigenvalue weighted by molar-refractivity contribution is 0.0733. The predicted molar refractivity (Wildman–Crippen MR) is 84.7 cm³/mol. The van der Waals surface area contributed by atoms with Gasteiger partial charge >= 0.3 is 5.97 Å². The Hall–Kier alpha value is -3.12. The summed E-state index contributed by atoms with van der Waals surface area (Å²) >= 11 is 0. The van der Waals surface area contributed by atoms with E-state index in [0.29, 0.717) is 16.9 Å². The van der Waals surface area contributed by atoms with Gasteiger partial charge in [-0.05, 0) is 29.0 Å². The molecule has 3 nitrogen and oxygen atoms in total. The Morgan fingerprint density at radius 3 is 2.50 bits per heavy atom. The average Bonchev–Trinajstić information content (AvgIpc) is 2.56. The van der Waals surface area contributed by atoms with Gasteiger partial charge in [-0.3, -0.25) is 0 Å². The first-order valence-electron chi connectivity index (χ1n) is 6.94. The molecule has 0 bridgehead atoms. The number of nitrogens with zero attached hydrogens (tertiary/aromatic N) is 1. The van der Waals surface area contributed by atoms with Crippen LogP contribution in [0.25, 0.3) is 10.8 Å². The number of ether oxygens (including phenoxy) is 1. The number of nitriles is 1. The zero-order valence-corrected chi connectivity index (χ0v) is 11.8. The number of rotatable bonds is 3. The summed E-state index contributed by atoms with van der Waals surface area (Å²) in [6.07, 6.45) is 0.209. The second-order valence-corrected chi connectivity index (χ2v) is 4.89. The number of hydrogen-bond donors (Lipinski definition) is 0. The van der Waals surface area contributed by atoms with Crippen LogP contribution in [0.1, 0.15) is 15.9 Å². The molecule has 0 saturated heterocycles. The molecule has 0 radical (unpaired) electrons. The van der Waals surface area contributed by atoms with Gasteiger partial charge in [0.15, 0.2) is 0 Å². The number of para-hydroxylation sites is 1. The highest BCUT2D eigenvalue weighted by atomic mass is 16.5. The summed E-state index contributed by atoms with van der Waals surface area (Å²) in [6, 6.07) is 22.4. The lowest BCUT2D eigenvalue weighted by atomic mass is 10.1. The van der Waals surface area contributed by atoms with Crippen molar-refractivity contribution in [3.63, 3.8) is 0 Å². The molecule has 3 aromatic carbocycles. The van der Waals surface area contributed by atoms with Crippen LogP contribution >= 0.6 is 0 Å². The number of hydrogen-bond acceptors (Lipinski definition) is 3. The molecular weight excluding hydrogens is 274 g/mol. The van der Waals surface area contributed by atoms with Gasteiger partial charge in [0, 0.05) is 5.56 Å². The van der Waals surface area contributed by atoms with Crippen molar-refractivity contribution in [1.82, 2.24) is 0 Å². The minimum atomic E-state index is -0.420. The van der Waals surface area contributed by atoms with Crippen LogP contribution in [0.2, 0.25) is 0 Å². The second-order valence-electron chi connectivity index (χ2n) is 4.89. The number of benzene rings is 3. The first kappa shape index (κ1) is 13.8. The Balaban J connectivity index is 1.89. The van der Waals surface area contributed by atoms with Gasteiger partial charge in [0.2, 0.25) is 0 Å². The van der Waals surface area contributed by atoms with Crippen LogP contribution in [0.5, 0.6) is 5.75 Å². The van der Waals surface area contributed by atoms with Gasteiger partial charge in [0.1, 0.15) is 5.75 Å². The van der Waals surface area contributed by atoms with E-state index in [1.807, 2.05) is 42.5 Å². The molecule has 3 heteroatoms. The van der Waals surface area contributed by atoms with E-state index >= 15 is 0 Å². The molecule has 0 amide bonds. The van der Waals surface area contributed by atoms with Crippen LogP contribution in [0.15, 0.2) is 66.7 Å². The third-order valence-corrected chi connectivity index (χ3v) is 3.43. The van der Waals surface area contributed by atoms with Crippen molar-refractivity contribution in [3.8, 4) is 11.8 Å². The summed E-state index contributed by atoms with van der Waals surface area (Å²) in [7, 11) is 0. The Morgan fingerprint density at radius 1 is 0.955 bits per heavy atom. The maximum absolute atomic E-state index is 12.3. The fourth-order valence-electron chi connectivity index (χ4n) is 2.31. The SMILES string of the molecule is N#CCc1ccccc1OC(=O)c1ccc2ccccc2c1. The highest BCUT2D eigenvalue weighted by Crippen LogP contribution is 2.21. The Kier molecular flexibility index (Phi) is 3.84. The van der Waals surface area contributed by atoms with Crippen molar-refractivity contribution in [2.24, 2.45) is 0 Å². The maximum atomic E-state index is 12.3. The summed E-state index contributed by atoms with van der Waals surface area (Å²) in [5.74, 6) is 0.0124. The minimum absolute atomic E-state index is 0.209. The molecular formula is C19H13NO2. The monoisotopic (exact) mass is 287 g/mol. The molecule has 0 atom stereocenters. The van der Waals surface area contributed by atoms with E-state index in [0.717, 1.165) is 10.8 Å². The summed E-state index contributed by atoms with van der Waals surface area (Å²) in [5, 5.41) is 10.9. The van der Waals surface area contributed by atoms with Gasteiger partial charge < -0.3 is 4.74 Å². The van der Waals surface area contributed by atoms with Crippen LogP contribution in [0.4, 0.5) is 0 Å². The first-order chi connectivity index (χ1) is 10.8. The second kappa shape index (κ2) is 6.11. The standard InChI is InChI=1S/C19H13NO2/c20-12-11-15-6-3-4-8-18(15)22-19(21)17-10-9-14-5-1-2-7-16(14)13-17/h1-10,13H,11H2. The van der Waals surface area contributed by atoms with Gasteiger partial charge in [-0.2, -0.15) is 5.26 Å². The molecule has 0 aromatic heterocycles. The van der Waals surface area contributed by atoms with Crippen LogP contribution in [0, 0.1) is 11.3 Å². The number of carbonyl (C=O) groups excluding carboxylic acids is 1. The Labute approximate surface area is 128 Å². The topological polar surface area (TPSA) is 50.1 Å². The van der Waals surface area contributed by atoms with Crippen molar-refractivity contribution >= 4 is 16.7 Å². The number of esters is 1. The number of fused-ring (bicyclic) bond motifs is 1. The van der Waals surface area contributed by atoms with E-state index in [1.165, 1.54) is 0 Å². The van der Waals surface area contributed by atoms with Crippen LogP contribution in [-0.4, -0.2) is 5.97 Å². The van der Waals surface area contributed by atoms with Crippen molar-refractivity contribution in [2.45, 2.75) is 6.42 Å². The van der Waals surface area contributed by atoms with Crippen molar-refractivity contribution in [2.75, 3.05) is 0 Å². The fraction of sp³-hybridized carbons (Fsp3) is 0.0526. The van der Waals surface area contributed by atoms with Crippen LogP contribution in [-0.2, 0) is 6.42 Å². The van der Waals surface area contributed by atoms with E-state index in [4.69, 9.17) is 10.00 Å². The van der Waals surface area contributed by atoms with Crippen LogP contribution < -0.4 is 4.74 Å². The van der Waals surface area contributed by atoms with Crippen molar-refractivity contribution < 1.29 is 9.53 Å². The van der Waals surface area contributed by atoms with Crippen LogP contribution in [0.3, 0.4) is 0 Å². The van der Waals surface area contributed by atoms with Gasteiger partial charge in [-0.25, -0.2) is 4.79 Å². The molecule has 106 valence electrons. The Bertz CT molecular complexity index is 878. The zero-order valence-electron chi connectivity index (χ0n) is 11.8. The summed E-state index contributed by atoms with van der Waals surface area (Å²) in [4.78, 5) is 12.3. The molecule has 0 fully saturated rings. The molecule has 0 saturated carbocycles. The van der Waals surface area contributed by atoms with Gasteiger partial charge in [0.25, 0.3) is 0 Å². The third kappa shape index (κ3) is 2.82. The third-order valence-electron chi connectivity index (χ3n) is 3.43. The quantitative estimate of drug-likeness (QED) is 0.537. The van der Waals surface area contributed by atoms with E-state index in [9.17, 15) is 4.79 Å². The van der Waals surface area contributed by atoms with E-state index in [-0.39, 0.29) is 6.42 Å². The van der Waals surface area contributed by atoms with Gasteiger partial charge in [-0.1, -0.05) is 48.5 Å². The minimum Gasteiger partial charge on any atom is -0.423 e. The lowest BCUT2D eigenvalue weighted by Gasteiger charge is -2.08. The summed E-state index contributed by atoms with van der Waals surface area (Å²) in [5.41, 5.74) is 1.20. The highest BCUT2D eigenvalue weighted by Gasteiger charge is 2.11. The van der Waals surface area contributed by atoms with Gasteiger partial charge in [0.05, 0.1) is 18.1 Å². The normalized spacial score (nSPS) is 10.1. The zero-order chi connectivity index (χ0) is 15.4. The van der Waals surface area contributed by atoms with E-state index in [1.54, 1.807) is 24.3 Å². The Morgan fingerprint density at radius 2 is 1.68 bits per heavy atom. The molecule has 22 heavy (non-hydrogen) atoms. The van der Waals surface area contributed by atoms with Crippen molar-refractivity contribution in [3.05, 3.63) is 77.9 Å². The molecule has 0 N–H and O–H groups in total. The fourth-order valence-corrected chi connectivity index (χ4v) is 2.31. The lowest BCUT2D eigenvalue weighted by Crippen LogP contribution is -2.09. The molecule has 0 spiro atoms. The molecule has 3 rings (SSSR count). The molecule has 0 aliphatic rings. The van der Waals surface area contributed by atoms with E-state index in [2.05, 4.69) is 6.07 Å². The molecule has 0 aliphatic heterocycles. The average molecular weight is 287 g/mol. The molecule has 3 aromatic rings. The van der Waals surface area contributed by atoms with E-state index < -0.39 is 5.97 Å².